The summed E-state index contributed by atoms with van der Waals surface area (Å²) in [7, 11) is 0. The molecule has 0 spiro atoms. The van der Waals surface area contributed by atoms with Crippen LogP contribution in [0.15, 0.2) is 54.6 Å². The second-order valence-corrected chi connectivity index (χ2v) is 8.29. The number of rotatable bonds is 12. The third kappa shape index (κ3) is 5.81. The monoisotopic (exact) mass is 391 g/mol. The van der Waals surface area contributed by atoms with Gasteiger partial charge in [0.15, 0.2) is 0 Å². The van der Waals surface area contributed by atoms with E-state index in [-0.39, 0.29) is 0 Å². The zero-order chi connectivity index (χ0) is 20.5. The highest BCUT2D eigenvalue weighted by Crippen LogP contribution is 2.33. The molecule has 1 atom stereocenters. The first-order chi connectivity index (χ1) is 14.2. The summed E-state index contributed by atoms with van der Waals surface area (Å²) in [4.78, 5) is 2.62. The van der Waals surface area contributed by atoms with E-state index < -0.39 is 6.10 Å². The van der Waals surface area contributed by atoms with E-state index in [1.165, 1.54) is 60.3 Å². The van der Waals surface area contributed by atoms with Gasteiger partial charge in [0.05, 0.1) is 6.10 Å². The molecule has 0 saturated carbocycles. The molecular weight excluding hydrogens is 354 g/mol. The number of fused-ring (bicyclic) bond motifs is 3. The molecule has 3 rings (SSSR count). The molecule has 156 valence electrons. The van der Waals surface area contributed by atoms with E-state index >= 15 is 0 Å². The van der Waals surface area contributed by atoms with Crippen LogP contribution in [0.25, 0.3) is 21.5 Å². The van der Waals surface area contributed by atoms with Crippen molar-refractivity contribution in [2.45, 2.75) is 64.9 Å². The minimum Gasteiger partial charge on any atom is -0.388 e. The molecule has 0 bridgehead atoms. The minimum atomic E-state index is -0.399. The summed E-state index contributed by atoms with van der Waals surface area (Å²) in [5.41, 5.74) is 1.08. The molecule has 0 aliphatic heterocycles. The summed E-state index contributed by atoms with van der Waals surface area (Å²) in [6, 6.07) is 19.2. The predicted molar refractivity (Wildman–Crippen MR) is 127 cm³/mol. The summed E-state index contributed by atoms with van der Waals surface area (Å²) in [6.45, 7) is 8.12. The van der Waals surface area contributed by atoms with Crippen LogP contribution in [0.2, 0.25) is 0 Å². The summed E-state index contributed by atoms with van der Waals surface area (Å²) in [5.74, 6) is 0. The van der Waals surface area contributed by atoms with Gasteiger partial charge in [-0.25, -0.2) is 0 Å². The highest BCUT2D eigenvalue weighted by Gasteiger charge is 2.14. The van der Waals surface area contributed by atoms with Crippen LogP contribution >= 0.6 is 0 Å². The van der Waals surface area contributed by atoms with Crippen molar-refractivity contribution in [3.05, 3.63) is 60.2 Å². The van der Waals surface area contributed by atoms with Crippen molar-refractivity contribution in [3.63, 3.8) is 0 Å². The van der Waals surface area contributed by atoms with E-state index in [1.807, 2.05) is 0 Å². The van der Waals surface area contributed by atoms with Gasteiger partial charge in [-0.15, -0.1) is 0 Å². The number of aliphatic hydroxyl groups excluding tert-OH is 1. The molecule has 0 amide bonds. The maximum Gasteiger partial charge on any atom is 0.0796 e. The standard InChI is InChI=1S/C27H37NO/c1-3-5-18-28(19-6-4-2)20-12-11-17-27(29)26-21-22-13-7-8-14-23(22)24-15-9-10-16-25(24)26/h7-10,13-16,21,27,29H,3-6,11-12,17-20H2,1-2H3/t27-/m0/s1. The Bertz CT molecular complexity index is 880. The van der Waals surface area contributed by atoms with Crippen LogP contribution in [-0.2, 0) is 0 Å². The van der Waals surface area contributed by atoms with Crippen molar-refractivity contribution in [3.8, 4) is 0 Å². The number of unbranched alkanes of at least 4 members (excludes halogenated alkanes) is 3. The van der Waals surface area contributed by atoms with E-state index in [4.69, 9.17) is 0 Å². The van der Waals surface area contributed by atoms with Crippen molar-refractivity contribution in [2.24, 2.45) is 0 Å². The topological polar surface area (TPSA) is 23.5 Å². The normalized spacial score (nSPS) is 12.8. The van der Waals surface area contributed by atoms with Crippen molar-refractivity contribution >= 4 is 21.5 Å². The maximum absolute atomic E-state index is 11.0. The van der Waals surface area contributed by atoms with Crippen LogP contribution < -0.4 is 0 Å². The van der Waals surface area contributed by atoms with Crippen molar-refractivity contribution in [1.29, 1.82) is 0 Å². The van der Waals surface area contributed by atoms with Gasteiger partial charge in [-0.1, -0.05) is 75.2 Å². The quantitative estimate of drug-likeness (QED) is 0.263. The molecule has 0 heterocycles. The molecule has 3 aromatic rings. The second kappa shape index (κ2) is 11.3. The van der Waals surface area contributed by atoms with E-state index in [0.717, 1.165) is 31.4 Å². The fourth-order valence-electron chi connectivity index (χ4n) is 4.29. The van der Waals surface area contributed by atoms with Gasteiger partial charge in [-0.3, -0.25) is 0 Å². The van der Waals surface area contributed by atoms with Crippen LogP contribution in [0.3, 0.4) is 0 Å². The molecule has 2 nitrogen and oxygen atoms in total. The highest BCUT2D eigenvalue weighted by molar-refractivity contribution is 6.09. The zero-order valence-corrected chi connectivity index (χ0v) is 18.2. The number of aliphatic hydroxyl groups is 1. The first-order valence-electron chi connectivity index (χ1n) is 11.6. The smallest absolute Gasteiger partial charge is 0.0796 e. The zero-order valence-electron chi connectivity index (χ0n) is 18.2. The lowest BCUT2D eigenvalue weighted by atomic mass is 9.93. The van der Waals surface area contributed by atoms with Crippen LogP contribution in [0.4, 0.5) is 0 Å². The lowest BCUT2D eigenvalue weighted by Gasteiger charge is -2.22. The van der Waals surface area contributed by atoms with Crippen LogP contribution in [0.5, 0.6) is 0 Å². The van der Waals surface area contributed by atoms with E-state index in [0.29, 0.717) is 0 Å². The van der Waals surface area contributed by atoms with Crippen molar-refractivity contribution in [1.82, 2.24) is 4.90 Å². The fourth-order valence-corrected chi connectivity index (χ4v) is 4.29. The summed E-state index contributed by atoms with van der Waals surface area (Å²) < 4.78 is 0. The summed E-state index contributed by atoms with van der Waals surface area (Å²) in [5, 5.41) is 15.9. The van der Waals surface area contributed by atoms with Gasteiger partial charge in [0.1, 0.15) is 0 Å². The van der Waals surface area contributed by atoms with Gasteiger partial charge >= 0.3 is 0 Å². The third-order valence-corrected chi connectivity index (χ3v) is 6.02. The molecule has 0 saturated heterocycles. The highest BCUT2D eigenvalue weighted by atomic mass is 16.3. The van der Waals surface area contributed by atoms with Gasteiger partial charge in [0.25, 0.3) is 0 Å². The van der Waals surface area contributed by atoms with Gasteiger partial charge in [-0.2, -0.15) is 0 Å². The van der Waals surface area contributed by atoms with Crippen LogP contribution in [-0.4, -0.2) is 29.6 Å². The lowest BCUT2D eigenvalue weighted by Crippen LogP contribution is -2.27. The number of benzene rings is 3. The first kappa shape index (κ1) is 21.8. The largest absolute Gasteiger partial charge is 0.388 e. The Balaban J connectivity index is 1.64. The Morgan fingerprint density at radius 1 is 0.724 bits per heavy atom. The second-order valence-electron chi connectivity index (χ2n) is 8.29. The molecular formula is C27H37NO. The Hall–Kier alpha value is -1.90. The minimum absolute atomic E-state index is 0.399. The number of nitrogens with zero attached hydrogens (tertiary/aromatic N) is 1. The predicted octanol–water partition coefficient (Wildman–Crippen LogP) is 7.10. The van der Waals surface area contributed by atoms with Gasteiger partial charge < -0.3 is 10.0 Å². The number of hydrogen-bond donors (Lipinski definition) is 1. The SMILES string of the molecule is CCCCN(CCCC)CCCC[C@H](O)c1cc2ccccc2c2ccccc12. The number of hydrogen-bond acceptors (Lipinski definition) is 2. The molecule has 0 aliphatic carbocycles. The molecule has 3 aromatic carbocycles. The van der Waals surface area contributed by atoms with Gasteiger partial charge in [-0.05, 0) is 84.9 Å². The fraction of sp³-hybridized carbons (Fsp3) is 0.481. The molecule has 0 fully saturated rings. The summed E-state index contributed by atoms with van der Waals surface area (Å²) >= 11 is 0. The van der Waals surface area contributed by atoms with E-state index in [9.17, 15) is 5.11 Å². The Morgan fingerprint density at radius 3 is 2.00 bits per heavy atom. The average Bonchev–Trinajstić information content (AvgIpc) is 2.77. The third-order valence-electron chi connectivity index (χ3n) is 6.02. The van der Waals surface area contributed by atoms with Crippen LogP contribution in [0, 0.1) is 0 Å². The Labute approximate surface area is 176 Å². The van der Waals surface area contributed by atoms with Gasteiger partial charge in [0.2, 0.25) is 0 Å². The molecule has 0 aliphatic rings. The molecule has 1 N–H and O–H groups in total. The van der Waals surface area contributed by atoms with Crippen LogP contribution in [0.1, 0.15) is 70.5 Å². The Morgan fingerprint density at radius 2 is 1.31 bits per heavy atom. The van der Waals surface area contributed by atoms with E-state index in [1.54, 1.807) is 0 Å². The van der Waals surface area contributed by atoms with E-state index in [2.05, 4.69) is 73.3 Å². The van der Waals surface area contributed by atoms with Crippen molar-refractivity contribution in [2.75, 3.05) is 19.6 Å². The molecule has 2 heteroatoms. The molecule has 0 radical (unpaired) electrons. The molecule has 0 aromatic heterocycles. The molecule has 29 heavy (non-hydrogen) atoms. The van der Waals surface area contributed by atoms with Gasteiger partial charge in [0, 0.05) is 0 Å². The summed E-state index contributed by atoms with van der Waals surface area (Å²) in [6.07, 6.45) is 7.76. The maximum atomic E-state index is 11.0. The first-order valence-corrected chi connectivity index (χ1v) is 11.6. The molecule has 0 unspecified atom stereocenters. The Kier molecular flexibility index (Phi) is 8.52. The van der Waals surface area contributed by atoms with Crippen molar-refractivity contribution < 1.29 is 5.11 Å². The average molecular weight is 392 g/mol. The lowest BCUT2D eigenvalue weighted by molar-refractivity contribution is 0.162.